The molecule has 9 nitrogen and oxygen atoms in total. The van der Waals surface area contributed by atoms with Crippen LogP contribution in [0, 0.1) is 0 Å². The van der Waals surface area contributed by atoms with E-state index in [1.807, 2.05) is 21.1 Å². The number of phosphoric ester groups is 1. The maximum absolute atomic E-state index is 12.7. The minimum atomic E-state index is -4.37. The van der Waals surface area contributed by atoms with Crippen molar-refractivity contribution in [3.05, 3.63) is 24.3 Å². The molecule has 0 aliphatic rings. The Balaban J connectivity index is 4.28. The van der Waals surface area contributed by atoms with Crippen LogP contribution in [0.25, 0.3) is 0 Å². The molecule has 0 aromatic heterocycles. The third-order valence-corrected chi connectivity index (χ3v) is 11.4. The van der Waals surface area contributed by atoms with Crippen molar-refractivity contribution in [1.29, 1.82) is 0 Å². The smallest absolute Gasteiger partial charge is 0.462 e. The van der Waals surface area contributed by atoms with Crippen molar-refractivity contribution in [2.75, 3.05) is 47.5 Å². The molecule has 0 aliphatic heterocycles. The molecule has 0 aliphatic carbocycles. The molecule has 10 heteroatoms. The summed E-state index contributed by atoms with van der Waals surface area (Å²) in [5.74, 6) is -0.796. The highest BCUT2D eigenvalue weighted by molar-refractivity contribution is 7.47. The highest BCUT2D eigenvalue weighted by atomic mass is 31.2. The van der Waals surface area contributed by atoms with E-state index in [2.05, 4.69) is 38.2 Å². The first-order valence-corrected chi connectivity index (χ1v) is 25.6. The molecule has 0 rings (SSSR count). The van der Waals surface area contributed by atoms with Crippen molar-refractivity contribution >= 4 is 19.8 Å². The number of ether oxygens (including phenoxy) is 2. The van der Waals surface area contributed by atoms with Crippen LogP contribution < -0.4 is 0 Å². The number of unbranched alkanes of at least 4 members (excludes halogenated alkanes) is 26. The number of phosphoric acid groups is 1. The topological polar surface area (TPSA) is 108 Å². The van der Waals surface area contributed by atoms with E-state index < -0.39 is 26.5 Å². The van der Waals surface area contributed by atoms with E-state index in [1.165, 1.54) is 148 Å². The molecule has 0 saturated carbocycles. The van der Waals surface area contributed by atoms with Gasteiger partial charge in [0.2, 0.25) is 0 Å². The molecule has 1 unspecified atom stereocenters. The van der Waals surface area contributed by atoms with Gasteiger partial charge >= 0.3 is 19.8 Å². The van der Waals surface area contributed by atoms with Gasteiger partial charge in [-0.2, -0.15) is 0 Å². The van der Waals surface area contributed by atoms with Gasteiger partial charge in [-0.15, -0.1) is 0 Å². The summed E-state index contributed by atoms with van der Waals surface area (Å²) in [5, 5.41) is 0. The second kappa shape index (κ2) is 40.9. The molecular weight excluding hydrogens is 750 g/mol. The largest absolute Gasteiger partial charge is 0.472 e. The van der Waals surface area contributed by atoms with Crippen molar-refractivity contribution < 1.29 is 42.1 Å². The molecule has 1 N–H and O–H groups in total. The summed E-state index contributed by atoms with van der Waals surface area (Å²) in [6, 6.07) is 0. The molecule has 0 bridgehead atoms. The quantitative estimate of drug-likeness (QED) is 0.0212. The fourth-order valence-electron chi connectivity index (χ4n) is 6.64. The summed E-state index contributed by atoms with van der Waals surface area (Å²) in [4.78, 5) is 35.5. The number of allylic oxidation sites excluding steroid dienone is 4. The number of likely N-dealkylation sites (N-methyl/N-ethyl adjacent to an activating group) is 1. The third-order valence-electron chi connectivity index (χ3n) is 10.5. The fourth-order valence-corrected chi connectivity index (χ4v) is 7.38. The van der Waals surface area contributed by atoms with Crippen LogP contribution in [0.5, 0.6) is 0 Å². The lowest BCUT2D eigenvalue weighted by atomic mass is 10.1. The van der Waals surface area contributed by atoms with Gasteiger partial charge in [-0.25, -0.2) is 4.57 Å². The third kappa shape index (κ3) is 44.1. The van der Waals surface area contributed by atoms with Crippen LogP contribution >= 0.6 is 7.82 Å². The van der Waals surface area contributed by atoms with Gasteiger partial charge in [0.25, 0.3) is 0 Å². The minimum Gasteiger partial charge on any atom is -0.462 e. The summed E-state index contributed by atoms with van der Waals surface area (Å²) >= 11 is 0. The van der Waals surface area contributed by atoms with Crippen molar-refractivity contribution in [1.82, 2.24) is 0 Å². The molecule has 0 spiro atoms. The van der Waals surface area contributed by atoms with Crippen molar-refractivity contribution in [2.24, 2.45) is 0 Å². The molecule has 0 aromatic rings. The summed E-state index contributed by atoms with van der Waals surface area (Å²) in [6.07, 6.45) is 45.0. The average Bonchev–Trinajstić information content (AvgIpc) is 3.17. The fraction of sp³-hybridized carbons (Fsp3) is 0.875. The van der Waals surface area contributed by atoms with Gasteiger partial charge < -0.3 is 18.9 Å². The maximum atomic E-state index is 12.7. The predicted octanol–water partition coefficient (Wildman–Crippen LogP) is 13.9. The van der Waals surface area contributed by atoms with Crippen molar-refractivity contribution in [2.45, 2.75) is 225 Å². The first kappa shape index (κ1) is 56.5. The van der Waals surface area contributed by atoms with Crippen LogP contribution in [0.15, 0.2) is 24.3 Å². The summed E-state index contributed by atoms with van der Waals surface area (Å²) in [6.45, 7) is 4.41. The van der Waals surface area contributed by atoms with E-state index in [1.54, 1.807) is 0 Å². The van der Waals surface area contributed by atoms with Crippen molar-refractivity contribution in [3.63, 3.8) is 0 Å². The zero-order valence-electron chi connectivity index (χ0n) is 38.5. The Hall–Kier alpha value is -1.51. The van der Waals surface area contributed by atoms with Gasteiger partial charge in [0, 0.05) is 12.8 Å². The average molecular weight is 843 g/mol. The van der Waals surface area contributed by atoms with E-state index in [-0.39, 0.29) is 32.0 Å². The molecule has 58 heavy (non-hydrogen) atoms. The molecule has 0 saturated heterocycles. The van der Waals surface area contributed by atoms with Gasteiger partial charge in [0.1, 0.15) is 19.8 Å². The number of hydrogen-bond donors (Lipinski definition) is 1. The van der Waals surface area contributed by atoms with Gasteiger partial charge in [0.15, 0.2) is 6.10 Å². The number of esters is 2. The van der Waals surface area contributed by atoms with Gasteiger partial charge in [-0.3, -0.25) is 18.6 Å². The Morgan fingerprint density at radius 2 is 0.897 bits per heavy atom. The van der Waals surface area contributed by atoms with E-state index in [4.69, 9.17) is 18.5 Å². The number of quaternary nitrogens is 1. The van der Waals surface area contributed by atoms with Gasteiger partial charge in [0.05, 0.1) is 27.7 Å². The standard InChI is InChI=1S/C48H92NO8P/c1-6-8-10-12-14-16-18-20-22-23-24-25-27-29-31-33-35-37-39-41-48(51)57-46(45-56-58(52,53)55-43-42-49(3,4)5)44-54-47(50)40-38-36-34-32-30-28-26-21-19-17-15-13-11-9-7-2/h13,15,20,22,46H,6-12,14,16-19,21,23-45H2,1-5H3/p+1/b15-13+,22-20+/t46-/m1/s1. The molecule has 0 fully saturated rings. The van der Waals surface area contributed by atoms with E-state index in [0.29, 0.717) is 17.4 Å². The molecular formula is C48H93NO8P+. The molecule has 0 heterocycles. The van der Waals surface area contributed by atoms with Crippen LogP contribution in [0.4, 0.5) is 0 Å². The lowest BCUT2D eigenvalue weighted by molar-refractivity contribution is -0.870. The summed E-state index contributed by atoms with van der Waals surface area (Å²) in [7, 11) is 1.48. The number of rotatable bonds is 44. The molecule has 342 valence electrons. The van der Waals surface area contributed by atoms with E-state index in [0.717, 1.165) is 38.5 Å². The van der Waals surface area contributed by atoms with Crippen LogP contribution in [0.1, 0.15) is 219 Å². The zero-order valence-corrected chi connectivity index (χ0v) is 39.4. The Labute approximate surface area is 358 Å². The summed E-state index contributed by atoms with van der Waals surface area (Å²) in [5.41, 5.74) is 0. The molecule has 2 atom stereocenters. The molecule has 0 radical (unpaired) electrons. The molecule has 0 amide bonds. The lowest BCUT2D eigenvalue weighted by Crippen LogP contribution is -2.37. The number of carbonyl (C=O) groups is 2. The highest BCUT2D eigenvalue weighted by Gasteiger charge is 2.27. The Bertz CT molecular complexity index is 1040. The number of nitrogens with zero attached hydrogens (tertiary/aromatic N) is 1. The lowest BCUT2D eigenvalue weighted by Gasteiger charge is -2.24. The van der Waals surface area contributed by atoms with Crippen molar-refractivity contribution in [3.8, 4) is 0 Å². The van der Waals surface area contributed by atoms with E-state index >= 15 is 0 Å². The Kier molecular flexibility index (Phi) is 39.8. The predicted molar refractivity (Wildman–Crippen MR) is 243 cm³/mol. The van der Waals surface area contributed by atoms with Gasteiger partial charge in [-0.1, -0.05) is 173 Å². The second-order valence-corrected chi connectivity index (χ2v) is 18.9. The highest BCUT2D eigenvalue weighted by Crippen LogP contribution is 2.43. The first-order chi connectivity index (χ1) is 28.0. The Morgan fingerprint density at radius 1 is 0.517 bits per heavy atom. The van der Waals surface area contributed by atoms with E-state index in [9.17, 15) is 19.0 Å². The van der Waals surface area contributed by atoms with Crippen LogP contribution in [0.2, 0.25) is 0 Å². The summed E-state index contributed by atoms with van der Waals surface area (Å²) < 4.78 is 34.4. The van der Waals surface area contributed by atoms with Crippen LogP contribution in [-0.4, -0.2) is 74.9 Å². The first-order valence-electron chi connectivity index (χ1n) is 24.1. The van der Waals surface area contributed by atoms with Crippen LogP contribution in [0.3, 0.4) is 0 Å². The second-order valence-electron chi connectivity index (χ2n) is 17.5. The van der Waals surface area contributed by atoms with Gasteiger partial charge in [-0.05, 0) is 57.8 Å². The Morgan fingerprint density at radius 3 is 1.33 bits per heavy atom. The molecule has 0 aromatic carbocycles. The monoisotopic (exact) mass is 843 g/mol. The normalized spacial score (nSPS) is 13.7. The SMILES string of the molecule is CCCC/C=C/CCCCCCCCCCCC(=O)OC[C@H](COP(=O)(O)OCC[N+](C)(C)C)OC(=O)CCCCCCCCCCC/C=C/CCCCCCCC. The zero-order chi connectivity index (χ0) is 42.8. The number of carbonyl (C=O) groups excluding carboxylic acids is 2. The minimum absolute atomic E-state index is 0.0325. The van der Waals surface area contributed by atoms with Crippen LogP contribution in [-0.2, 0) is 32.7 Å². The maximum Gasteiger partial charge on any atom is 0.472 e. The number of hydrogen-bond acceptors (Lipinski definition) is 7.